The van der Waals surface area contributed by atoms with Crippen LogP contribution in [0.2, 0.25) is 0 Å². The highest BCUT2D eigenvalue weighted by Gasteiger charge is 2.10. The molecule has 3 nitrogen and oxygen atoms in total. The molecule has 1 fully saturated rings. The van der Waals surface area contributed by atoms with E-state index in [1.807, 2.05) is 30.2 Å². The van der Waals surface area contributed by atoms with Gasteiger partial charge in [-0.15, -0.1) is 11.8 Å². The predicted molar refractivity (Wildman–Crippen MR) is 79.3 cm³/mol. The summed E-state index contributed by atoms with van der Waals surface area (Å²) in [7, 11) is 0. The fourth-order valence-electron chi connectivity index (χ4n) is 2.41. The summed E-state index contributed by atoms with van der Waals surface area (Å²) in [6.45, 7) is 3.74. The molecular weight excluding hydrogens is 254 g/mol. The number of H-pyrrole nitrogens is 1. The lowest BCUT2D eigenvalue weighted by Crippen LogP contribution is -2.21. The van der Waals surface area contributed by atoms with Crippen molar-refractivity contribution in [1.29, 1.82) is 0 Å². The van der Waals surface area contributed by atoms with Gasteiger partial charge in [-0.25, -0.2) is 0 Å². The molecule has 19 heavy (non-hydrogen) atoms. The zero-order valence-electron chi connectivity index (χ0n) is 10.9. The van der Waals surface area contributed by atoms with Crippen molar-refractivity contribution in [3.05, 3.63) is 36.7 Å². The number of hydrogen-bond donors (Lipinski definition) is 1. The Morgan fingerprint density at radius 1 is 1.32 bits per heavy atom. The maximum atomic E-state index is 3.99. The summed E-state index contributed by atoms with van der Waals surface area (Å²) in [5, 5.41) is 6.85. The molecule has 0 amide bonds. The molecule has 1 N–H and O–H groups in total. The Kier molecular flexibility index (Phi) is 4.20. The minimum Gasteiger partial charge on any atom is -0.303 e. The number of thioether (sulfide) groups is 1. The molecule has 0 spiro atoms. The molecule has 0 bridgehead atoms. The number of aromatic amines is 1. The Morgan fingerprint density at radius 2 is 2.21 bits per heavy atom. The van der Waals surface area contributed by atoms with Gasteiger partial charge in [0.25, 0.3) is 0 Å². The molecule has 3 rings (SSSR count). The third-order valence-electron chi connectivity index (χ3n) is 3.47. The zero-order chi connectivity index (χ0) is 12.9. The largest absolute Gasteiger partial charge is 0.303 e. The first-order chi connectivity index (χ1) is 9.42. The first-order valence-electron chi connectivity index (χ1n) is 6.78. The van der Waals surface area contributed by atoms with Crippen LogP contribution in [0.3, 0.4) is 0 Å². The molecule has 1 aliphatic rings. The van der Waals surface area contributed by atoms with Crippen molar-refractivity contribution in [3.63, 3.8) is 0 Å². The number of hydrogen-bond acceptors (Lipinski definition) is 3. The second-order valence-corrected chi connectivity index (χ2v) is 5.96. The number of nitrogens with zero attached hydrogens (tertiary/aromatic N) is 2. The van der Waals surface area contributed by atoms with Gasteiger partial charge in [-0.2, -0.15) is 5.10 Å². The summed E-state index contributed by atoms with van der Waals surface area (Å²) in [6, 6.07) is 9.58. The van der Waals surface area contributed by atoms with E-state index in [0.29, 0.717) is 0 Å². The van der Waals surface area contributed by atoms with Gasteiger partial charge in [0.15, 0.2) is 0 Å². The van der Waals surface area contributed by atoms with Gasteiger partial charge < -0.3 is 4.90 Å². The van der Waals surface area contributed by atoms with Crippen LogP contribution in [0.1, 0.15) is 12.8 Å². The Hall–Kier alpha value is -1.26. The topological polar surface area (TPSA) is 31.9 Å². The van der Waals surface area contributed by atoms with Crippen LogP contribution in [0.15, 0.2) is 35.5 Å². The minimum absolute atomic E-state index is 1.13. The summed E-state index contributed by atoms with van der Waals surface area (Å²) < 4.78 is 0. The first kappa shape index (κ1) is 12.8. The van der Waals surface area contributed by atoms with E-state index in [0.717, 1.165) is 11.3 Å². The van der Waals surface area contributed by atoms with Crippen molar-refractivity contribution >= 4 is 11.8 Å². The van der Waals surface area contributed by atoms with E-state index in [1.165, 1.54) is 42.9 Å². The Labute approximate surface area is 118 Å². The van der Waals surface area contributed by atoms with Crippen LogP contribution in [0, 0.1) is 6.07 Å². The molecule has 0 unspecified atom stereocenters. The maximum Gasteiger partial charge on any atom is 0.0565 e. The third-order valence-corrected chi connectivity index (χ3v) is 4.40. The van der Waals surface area contributed by atoms with Gasteiger partial charge in [-0.05, 0) is 43.6 Å². The van der Waals surface area contributed by atoms with Crippen molar-refractivity contribution < 1.29 is 0 Å². The molecule has 1 saturated heterocycles. The van der Waals surface area contributed by atoms with E-state index in [-0.39, 0.29) is 0 Å². The van der Waals surface area contributed by atoms with Gasteiger partial charge >= 0.3 is 0 Å². The monoisotopic (exact) mass is 272 g/mol. The second kappa shape index (κ2) is 6.26. The fraction of sp³-hybridized carbons (Fsp3) is 0.400. The summed E-state index contributed by atoms with van der Waals surface area (Å²) in [5.74, 6) is 1.14. The van der Waals surface area contributed by atoms with E-state index in [1.54, 1.807) is 0 Å². The van der Waals surface area contributed by atoms with Gasteiger partial charge in [0.2, 0.25) is 0 Å². The normalized spacial score (nSPS) is 16.0. The van der Waals surface area contributed by atoms with Crippen LogP contribution >= 0.6 is 11.8 Å². The van der Waals surface area contributed by atoms with Gasteiger partial charge in [0.05, 0.1) is 6.20 Å². The molecule has 99 valence electrons. The molecule has 1 aromatic carbocycles. The summed E-state index contributed by atoms with van der Waals surface area (Å²) in [6.07, 6.45) is 6.52. The number of rotatable bonds is 5. The third kappa shape index (κ3) is 3.39. The van der Waals surface area contributed by atoms with Crippen molar-refractivity contribution in [2.24, 2.45) is 0 Å². The molecule has 1 aromatic heterocycles. The number of aromatic nitrogens is 2. The number of nitrogens with one attached hydrogen (secondary N) is 1. The van der Waals surface area contributed by atoms with Gasteiger partial charge in [0.1, 0.15) is 0 Å². The van der Waals surface area contributed by atoms with E-state index in [9.17, 15) is 0 Å². The Morgan fingerprint density at radius 3 is 3.00 bits per heavy atom. The standard InChI is InChI=1S/C15H18N3S/c1-2-7-18(6-1)8-9-19-15-5-3-4-13(10-15)14-11-16-17-12-14/h3-4,10-12H,1-2,6-9H2,(H,16,17). The number of likely N-dealkylation sites (tertiary alicyclic amines) is 1. The average molecular weight is 272 g/mol. The van der Waals surface area contributed by atoms with Crippen LogP contribution in [0.5, 0.6) is 0 Å². The predicted octanol–water partition coefficient (Wildman–Crippen LogP) is 3.06. The van der Waals surface area contributed by atoms with Crippen LogP contribution in [0.25, 0.3) is 11.1 Å². The average Bonchev–Trinajstić information content (AvgIpc) is 3.12. The van der Waals surface area contributed by atoms with E-state index < -0.39 is 0 Å². The summed E-state index contributed by atoms with van der Waals surface area (Å²) >= 11 is 1.89. The molecule has 0 saturated carbocycles. The summed E-state index contributed by atoms with van der Waals surface area (Å²) in [5.41, 5.74) is 2.34. The molecule has 0 atom stereocenters. The molecule has 4 heteroatoms. The van der Waals surface area contributed by atoms with E-state index in [2.05, 4.69) is 33.3 Å². The molecule has 1 radical (unpaired) electrons. The lowest BCUT2D eigenvalue weighted by molar-refractivity contribution is 0.362. The second-order valence-electron chi connectivity index (χ2n) is 4.83. The highest BCUT2D eigenvalue weighted by molar-refractivity contribution is 7.99. The lowest BCUT2D eigenvalue weighted by atomic mass is 10.1. The van der Waals surface area contributed by atoms with Crippen molar-refractivity contribution in [2.45, 2.75) is 17.7 Å². The highest BCUT2D eigenvalue weighted by Crippen LogP contribution is 2.24. The fourth-order valence-corrected chi connectivity index (χ4v) is 3.34. The SMILES string of the molecule is [c]1ccc(-c2cn[nH]c2)cc1SCCN1CCCC1. The zero-order valence-corrected chi connectivity index (χ0v) is 11.7. The molecule has 2 heterocycles. The van der Waals surface area contributed by atoms with E-state index in [4.69, 9.17) is 0 Å². The van der Waals surface area contributed by atoms with Crippen LogP contribution < -0.4 is 0 Å². The van der Waals surface area contributed by atoms with Crippen molar-refractivity contribution in [1.82, 2.24) is 15.1 Å². The minimum atomic E-state index is 1.13. The Balaban J connectivity index is 1.57. The van der Waals surface area contributed by atoms with Gasteiger partial charge in [-0.3, -0.25) is 5.10 Å². The van der Waals surface area contributed by atoms with Crippen molar-refractivity contribution in [3.8, 4) is 11.1 Å². The smallest absolute Gasteiger partial charge is 0.0565 e. The quantitative estimate of drug-likeness (QED) is 0.849. The molecule has 1 aliphatic heterocycles. The van der Waals surface area contributed by atoms with Gasteiger partial charge in [0, 0.05) is 29.0 Å². The summed E-state index contributed by atoms with van der Waals surface area (Å²) in [4.78, 5) is 3.77. The number of benzene rings is 1. The molecular formula is C15H18N3S. The highest BCUT2D eigenvalue weighted by atomic mass is 32.2. The van der Waals surface area contributed by atoms with Crippen LogP contribution in [-0.4, -0.2) is 40.5 Å². The first-order valence-corrected chi connectivity index (χ1v) is 7.76. The Bertz CT molecular complexity index is 504. The molecule has 2 aromatic rings. The van der Waals surface area contributed by atoms with E-state index >= 15 is 0 Å². The van der Waals surface area contributed by atoms with Gasteiger partial charge in [-0.1, -0.05) is 12.1 Å². The molecule has 0 aliphatic carbocycles. The van der Waals surface area contributed by atoms with Crippen molar-refractivity contribution in [2.75, 3.05) is 25.4 Å². The lowest BCUT2D eigenvalue weighted by Gasteiger charge is -2.13. The van der Waals surface area contributed by atoms with Crippen LogP contribution in [0.4, 0.5) is 0 Å². The van der Waals surface area contributed by atoms with Crippen LogP contribution in [-0.2, 0) is 0 Å². The maximum absolute atomic E-state index is 3.99.